The third-order valence-electron chi connectivity index (χ3n) is 0.779. The molecule has 0 heterocycles. The van der Waals surface area contributed by atoms with E-state index >= 15 is 0 Å². The third kappa shape index (κ3) is 7.67. The van der Waals surface area contributed by atoms with Crippen molar-refractivity contribution in [1.82, 2.24) is 0 Å². The van der Waals surface area contributed by atoms with Crippen LogP contribution in [-0.4, -0.2) is 15.3 Å². The molecule has 0 aliphatic heterocycles. The lowest BCUT2D eigenvalue weighted by molar-refractivity contribution is 0.845. The van der Waals surface area contributed by atoms with Crippen molar-refractivity contribution in [2.45, 2.75) is 22.4 Å². The van der Waals surface area contributed by atoms with Crippen LogP contribution in [0.5, 0.6) is 0 Å². The van der Waals surface area contributed by atoms with E-state index in [1.807, 2.05) is 13.2 Å². The SMILES string of the molecule is CSSC(C)CC(Cl)(Cl)Cl. The Labute approximate surface area is 84.8 Å². The van der Waals surface area contributed by atoms with Gasteiger partial charge in [0.15, 0.2) is 3.79 Å². The Morgan fingerprint density at radius 3 is 2.20 bits per heavy atom. The molecule has 10 heavy (non-hydrogen) atoms. The molecule has 0 aliphatic carbocycles. The van der Waals surface area contributed by atoms with E-state index in [0.29, 0.717) is 11.7 Å². The van der Waals surface area contributed by atoms with Gasteiger partial charge in [-0.25, -0.2) is 0 Å². The van der Waals surface area contributed by atoms with Gasteiger partial charge in [0.1, 0.15) is 0 Å². The quantitative estimate of drug-likeness (QED) is 0.536. The summed E-state index contributed by atoms with van der Waals surface area (Å²) >= 11 is 16.7. The summed E-state index contributed by atoms with van der Waals surface area (Å²) in [6.07, 6.45) is 2.61. The summed E-state index contributed by atoms with van der Waals surface area (Å²) in [7, 11) is 3.41. The number of rotatable bonds is 3. The average Bonchev–Trinajstić information content (AvgIpc) is 1.59. The van der Waals surface area contributed by atoms with Crippen LogP contribution < -0.4 is 0 Å². The Kier molecular flexibility index (Phi) is 6.08. The minimum absolute atomic E-state index is 0.391. The number of hydrogen-bond donors (Lipinski definition) is 0. The van der Waals surface area contributed by atoms with Gasteiger partial charge in [0.05, 0.1) is 0 Å². The summed E-state index contributed by atoms with van der Waals surface area (Å²) in [6, 6.07) is 0. The van der Waals surface area contributed by atoms with Gasteiger partial charge in [-0.15, -0.1) is 0 Å². The van der Waals surface area contributed by atoms with Crippen LogP contribution in [0.4, 0.5) is 0 Å². The van der Waals surface area contributed by atoms with Crippen LogP contribution >= 0.6 is 56.4 Å². The van der Waals surface area contributed by atoms with Crippen LogP contribution in [-0.2, 0) is 0 Å². The molecule has 0 rings (SSSR count). The zero-order valence-corrected chi connectivity index (χ0v) is 9.64. The van der Waals surface area contributed by atoms with E-state index in [9.17, 15) is 0 Å². The fourth-order valence-corrected chi connectivity index (χ4v) is 3.33. The highest BCUT2D eigenvalue weighted by atomic mass is 35.6. The van der Waals surface area contributed by atoms with Crippen LogP contribution in [0.1, 0.15) is 13.3 Å². The first-order valence-corrected chi connectivity index (χ1v) is 6.47. The molecule has 0 spiro atoms. The molecule has 0 aliphatic rings. The Morgan fingerprint density at radius 1 is 1.40 bits per heavy atom. The Balaban J connectivity index is 3.47. The molecule has 0 saturated heterocycles. The molecule has 0 saturated carbocycles. The molecule has 0 aromatic carbocycles. The molecule has 0 nitrogen and oxygen atoms in total. The zero-order chi connectivity index (χ0) is 8.20. The molecule has 0 bridgehead atoms. The first-order valence-electron chi connectivity index (χ1n) is 2.72. The van der Waals surface area contributed by atoms with Crippen LogP contribution in [0, 0.1) is 0 Å². The van der Waals surface area contributed by atoms with Crippen molar-refractivity contribution in [3.8, 4) is 0 Å². The summed E-state index contributed by atoms with van der Waals surface area (Å²) in [5.41, 5.74) is 0. The maximum atomic E-state index is 5.57. The number of alkyl halides is 3. The van der Waals surface area contributed by atoms with E-state index in [1.54, 1.807) is 21.6 Å². The van der Waals surface area contributed by atoms with Gasteiger partial charge in [-0.3, -0.25) is 0 Å². The maximum absolute atomic E-state index is 5.57. The van der Waals surface area contributed by atoms with E-state index in [1.165, 1.54) is 0 Å². The molecule has 0 aromatic rings. The summed E-state index contributed by atoms with van der Waals surface area (Å²) < 4.78 is -1.10. The average molecular weight is 240 g/mol. The van der Waals surface area contributed by atoms with Crippen molar-refractivity contribution in [2.75, 3.05) is 6.26 Å². The summed E-state index contributed by atoms with van der Waals surface area (Å²) in [4.78, 5) is 0. The molecular weight excluding hydrogens is 231 g/mol. The van der Waals surface area contributed by atoms with Crippen molar-refractivity contribution in [3.05, 3.63) is 0 Å². The lowest BCUT2D eigenvalue weighted by Gasteiger charge is -2.14. The highest BCUT2D eigenvalue weighted by Gasteiger charge is 2.22. The van der Waals surface area contributed by atoms with Crippen molar-refractivity contribution in [1.29, 1.82) is 0 Å². The molecule has 62 valence electrons. The van der Waals surface area contributed by atoms with E-state index < -0.39 is 3.79 Å². The van der Waals surface area contributed by atoms with E-state index in [0.717, 1.165) is 0 Å². The monoisotopic (exact) mass is 238 g/mol. The van der Waals surface area contributed by atoms with Gasteiger partial charge < -0.3 is 0 Å². The first-order chi connectivity index (χ1) is 4.45. The van der Waals surface area contributed by atoms with Crippen LogP contribution in [0.2, 0.25) is 0 Å². The van der Waals surface area contributed by atoms with E-state index in [4.69, 9.17) is 34.8 Å². The summed E-state index contributed by atoms with van der Waals surface area (Å²) in [6.45, 7) is 2.04. The molecule has 5 heteroatoms. The van der Waals surface area contributed by atoms with Gasteiger partial charge in [-0.05, 0) is 6.26 Å². The fourth-order valence-electron chi connectivity index (χ4n) is 0.524. The highest BCUT2D eigenvalue weighted by molar-refractivity contribution is 8.76. The molecule has 0 N–H and O–H groups in total. The standard InChI is InChI=1S/C5H9Cl3S2/c1-4(10-9-2)3-5(6,7)8/h4H,3H2,1-2H3. The van der Waals surface area contributed by atoms with E-state index in [-0.39, 0.29) is 0 Å². The molecule has 0 fully saturated rings. The maximum Gasteiger partial charge on any atom is 0.191 e. The van der Waals surface area contributed by atoms with Gasteiger partial charge in [0.2, 0.25) is 0 Å². The van der Waals surface area contributed by atoms with Gasteiger partial charge in [0, 0.05) is 11.7 Å². The minimum atomic E-state index is -1.10. The van der Waals surface area contributed by atoms with Gasteiger partial charge in [-0.1, -0.05) is 63.3 Å². The van der Waals surface area contributed by atoms with Gasteiger partial charge in [0.25, 0.3) is 0 Å². The second-order valence-corrected chi connectivity index (χ2v) is 7.32. The van der Waals surface area contributed by atoms with Crippen LogP contribution in [0.15, 0.2) is 0 Å². The van der Waals surface area contributed by atoms with Crippen LogP contribution in [0.25, 0.3) is 0 Å². The topological polar surface area (TPSA) is 0 Å². The first kappa shape index (κ1) is 11.6. The third-order valence-corrected chi connectivity index (χ3v) is 3.49. The second kappa shape index (κ2) is 5.26. The molecule has 0 radical (unpaired) electrons. The molecule has 1 atom stereocenters. The Hall–Kier alpha value is 1.57. The lowest BCUT2D eigenvalue weighted by Crippen LogP contribution is -2.09. The van der Waals surface area contributed by atoms with Gasteiger partial charge in [-0.2, -0.15) is 0 Å². The molecule has 0 amide bonds. The number of hydrogen-bond acceptors (Lipinski definition) is 2. The fraction of sp³-hybridized carbons (Fsp3) is 1.00. The molecule has 0 aromatic heterocycles. The zero-order valence-electron chi connectivity index (χ0n) is 5.73. The van der Waals surface area contributed by atoms with Crippen LogP contribution in [0.3, 0.4) is 0 Å². The smallest absolute Gasteiger partial charge is 0.0973 e. The summed E-state index contributed by atoms with van der Waals surface area (Å²) in [5.74, 6) is 0. The van der Waals surface area contributed by atoms with E-state index in [2.05, 4.69) is 0 Å². The summed E-state index contributed by atoms with van der Waals surface area (Å²) in [5, 5.41) is 0.391. The number of halogens is 3. The lowest BCUT2D eigenvalue weighted by atomic mass is 10.4. The van der Waals surface area contributed by atoms with Crippen molar-refractivity contribution < 1.29 is 0 Å². The molecular formula is C5H9Cl3S2. The normalized spacial score (nSPS) is 15.3. The second-order valence-electron chi connectivity index (χ2n) is 1.89. The van der Waals surface area contributed by atoms with Crippen molar-refractivity contribution >= 4 is 56.4 Å². The Morgan fingerprint density at radius 2 is 1.90 bits per heavy atom. The molecule has 1 unspecified atom stereocenters. The highest BCUT2D eigenvalue weighted by Crippen LogP contribution is 2.37. The van der Waals surface area contributed by atoms with Gasteiger partial charge >= 0.3 is 0 Å². The van der Waals surface area contributed by atoms with Crippen molar-refractivity contribution in [2.24, 2.45) is 0 Å². The largest absolute Gasteiger partial charge is 0.191 e. The predicted octanol–water partition coefficient (Wildman–Crippen LogP) is 4.15. The minimum Gasteiger partial charge on any atom is -0.0973 e. The van der Waals surface area contributed by atoms with Crippen molar-refractivity contribution in [3.63, 3.8) is 0 Å². The predicted molar refractivity (Wildman–Crippen MR) is 55.5 cm³/mol. The Bertz CT molecular complexity index is 91.4.